The molecule has 2 aromatic rings. The normalized spacial score (nSPS) is 14.8. The number of imide groups is 1. The third kappa shape index (κ3) is 2.78. The molecule has 0 atom stereocenters. The molecule has 0 radical (unpaired) electrons. The van der Waals surface area contributed by atoms with Crippen molar-refractivity contribution in [2.75, 3.05) is 0 Å². The van der Waals surface area contributed by atoms with Crippen LogP contribution in [0.5, 0.6) is 0 Å². The van der Waals surface area contributed by atoms with Crippen LogP contribution in [0.3, 0.4) is 0 Å². The largest absolute Gasteiger partial charge is 0.273 e. The van der Waals surface area contributed by atoms with Crippen LogP contribution < -0.4 is 0 Å². The van der Waals surface area contributed by atoms with Crippen molar-refractivity contribution in [2.45, 2.75) is 20.4 Å². The summed E-state index contributed by atoms with van der Waals surface area (Å²) in [4.78, 5) is 30.3. The topological polar surface area (TPSA) is 50.3 Å². The van der Waals surface area contributed by atoms with Crippen molar-refractivity contribution in [3.8, 4) is 0 Å². The van der Waals surface area contributed by atoms with Crippen molar-refractivity contribution >= 4 is 29.0 Å². The Bertz CT molecular complexity index is 828. The van der Waals surface area contributed by atoms with Crippen LogP contribution >= 0.6 is 11.6 Å². The molecule has 1 aliphatic rings. The van der Waals surface area contributed by atoms with E-state index in [2.05, 4.69) is 4.98 Å². The zero-order chi connectivity index (χ0) is 16.6. The predicted octanol–water partition coefficient (Wildman–Crippen LogP) is 3.22. The summed E-state index contributed by atoms with van der Waals surface area (Å²) < 4.78 is 0. The quantitative estimate of drug-likeness (QED) is 0.814. The average Bonchev–Trinajstić information content (AvgIpc) is 2.75. The van der Waals surface area contributed by atoms with Crippen molar-refractivity contribution in [3.63, 3.8) is 0 Å². The molecule has 4 nitrogen and oxygen atoms in total. The Morgan fingerprint density at radius 1 is 1.04 bits per heavy atom. The highest BCUT2D eigenvalue weighted by Gasteiger charge is 2.38. The van der Waals surface area contributed by atoms with E-state index < -0.39 is 5.91 Å². The summed E-state index contributed by atoms with van der Waals surface area (Å²) >= 11 is 6.16. The highest BCUT2D eigenvalue weighted by atomic mass is 35.5. The highest BCUT2D eigenvalue weighted by Crippen LogP contribution is 2.33. The summed E-state index contributed by atoms with van der Waals surface area (Å²) in [6.07, 6.45) is 1.62. The van der Waals surface area contributed by atoms with Gasteiger partial charge in [-0.1, -0.05) is 35.9 Å². The number of aromatic nitrogens is 1. The van der Waals surface area contributed by atoms with E-state index in [0.29, 0.717) is 11.3 Å². The van der Waals surface area contributed by atoms with Gasteiger partial charge in [0, 0.05) is 6.20 Å². The van der Waals surface area contributed by atoms with Gasteiger partial charge in [-0.2, -0.15) is 0 Å². The van der Waals surface area contributed by atoms with E-state index in [1.165, 1.54) is 0 Å². The number of carbonyl (C=O) groups excluding carboxylic acids is 2. The second-order valence-corrected chi connectivity index (χ2v) is 5.88. The Hall–Kier alpha value is -2.46. The van der Waals surface area contributed by atoms with Crippen molar-refractivity contribution in [1.29, 1.82) is 0 Å². The van der Waals surface area contributed by atoms with E-state index in [1.807, 2.05) is 38.1 Å². The number of benzene rings is 1. The van der Waals surface area contributed by atoms with Gasteiger partial charge in [-0.15, -0.1) is 0 Å². The molecule has 5 heteroatoms. The van der Waals surface area contributed by atoms with E-state index in [9.17, 15) is 9.59 Å². The Labute approximate surface area is 139 Å². The number of hydrogen-bond donors (Lipinski definition) is 0. The summed E-state index contributed by atoms with van der Waals surface area (Å²) in [7, 11) is 0. The van der Waals surface area contributed by atoms with Crippen molar-refractivity contribution < 1.29 is 9.59 Å². The summed E-state index contributed by atoms with van der Waals surface area (Å²) in [6.45, 7) is 4.06. The maximum absolute atomic E-state index is 12.7. The lowest BCUT2D eigenvalue weighted by Crippen LogP contribution is -2.31. The molecule has 2 amide bonds. The molecule has 0 bridgehead atoms. The standard InChI is InChI=1S/C18H15ClN2O2/c1-11-6-7-13(9-12(11)2)15-16(19)18(23)21(17(15)22)10-14-5-3-4-8-20-14/h3-9H,10H2,1-2H3. The van der Waals surface area contributed by atoms with Gasteiger partial charge in [-0.3, -0.25) is 19.5 Å². The molecule has 23 heavy (non-hydrogen) atoms. The molecule has 0 aliphatic carbocycles. The van der Waals surface area contributed by atoms with Crippen LogP contribution in [0.25, 0.3) is 5.57 Å². The van der Waals surface area contributed by atoms with Crippen LogP contribution in [0.4, 0.5) is 0 Å². The zero-order valence-electron chi connectivity index (χ0n) is 12.8. The Kier molecular flexibility index (Phi) is 4.01. The van der Waals surface area contributed by atoms with Crippen molar-refractivity contribution in [3.05, 3.63) is 70.0 Å². The van der Waals surface area contributed by atoms with Crippen LogP contribution in [0.2, 0.25) is 0 Å². The predicted molar refractivity (Wildman–Crippen MR) is 88.5 cm³/mol. The fraction of sp³-hybridized carbons (Fsp3) is 0.167. The molecule has 1 aromatic heterocycles. The average molecular weight is 327 g/mol. The zero-order valence-corrected chi connectivity index (χ0v) is 13.6. The van der Waals surface area contributed by atoms with Gasteiger partial charge in [-0.25, -0.2) is 0 Å². The minimum atomic E-state index is -0.476. The molecule has 0 fully saturated rings. The van der Waals surface area contributed by atoms with Crippen LogP contribution in [-0.2, 0) is 16.1 Å². The molecular weight excluding hydrogens is 312 g/mol. The fourth-order valence-electron chi connectivity index (χ4n) is 2.49. The number of aryl methyl sites for hydroxylation is 2. The molecule has 1 aromatic carbocycles. The van der Waals surface area contributed by atoms with Gasteiger partial charge in [0.15, 0.2) is 0 Å². The lowest BCUT2D eigenvalue weighted by atomic mass is 10.0. The molecule has 0 N–H and O–H groups in total. The molecule has 0 saturated carbocycles. The number of pyridine rings is 1. The van der Waals surface area contributed by atoms with Crippen LogP contribution in [0.15, 0.2) is 47.6 Å². The lowest BCUT2D eigenvalue weighted by molar-refractivity contribution is -0.137. The van der Waals surface area contributed by atoms with Gasteiger partial charge in [0.1, 0.15) is 5.03 Å². The SMILES string of the molecule is Cc1ccc(C2=C(Cl)C(=O)N(Cc3ccccn3)C2=O)cc1C. The fourth-order valence-corrected chi connectivity index (χ4v) is 2.78. The van der Waals surface area contributed by atoms with Gasteiger partial charge < -0.3 is 0 Å². The van der Waals surface area contributed by atoms with Gasteiger partial charge in [-0.05, 0) is 42.7 Å². The highest BCUT2D eigenvalue weighted by molar-refractivity contribution is 6.55. The molecule has 1 aliphatic heterocycles. The van der Waals surface area contributed by atoms with E-state index in [1.54, 1.807) is 18.3 Å². The minimum Gasteiger partial charge on any atom is -0.268 e. The molecule has 0 saturated heterocycles. The van der Waals surface area contributed by atoms with Crippen molar-refractivity contribution in [1.82, 2.24) is 9.88 Å². The van der Waals surface area contributed by atoms with E-state index in [4.69, 9.17) is 11.6 Å². The number of amides is 2. The summed E-state index contributed by atoms with van der Waals surface area (Å²) in [5.41, 5.74) is 3.73. The monoisotopic (exact) mass is 326 g/mol. The van der Waals surface area contributed by atoms with E-state index in [0.717, 1.165) is 16.0 Å². The molecule has 116 valence electrons. The summed E-state index contributed by atoms with van der Waals surface area (Å²) in [5, 5.41) is -0.0332. The second-order valence-electron chi connectivity index (χ2n) is 5.51. The number of rotatable bonds is 3. The van der Waals surface area contributed by atoms with Gasteiger partial charge in [0.2, 0.25) is 0 Å². The van der Waals surface area contributed by atoms with E-state index >= 15 is 0 Å². The van der Waals surface area contributed by atoms with Crippen LogP contribution in [-0.4, -0.2) is 21.7 Å². The molecule has 2 heterocycles. The summed E-state index contributed by atoms with van der Waals surface area (Å²) in [6, 6.07) is 11.0. The molecule has 0 spiro atoms. The van der Waals surface area contributed by atoms with Crippen LogP contribution in [0.1, 0.15) is 22.4 Å². The van der Waals surface area contributed by atoms with E-state index in [-0.39, 0.29) is 23.1 Å². The maximum Gasteiger partial charge on any atom is 0.273 e. The molecular formula is C18H15ClN2O2. The third-order valence-electron chi connectivity index (χ3n) is 3.95. The molecule has 0 unspecified atom stereocenters. The number of halogens is 1. The first-order valence-corrected chi connectivity index (χ1v) is 7.60. The first kappa shape index (κ1) is 15.4. The Morgan fingerprint density at radius 3 is 2.48 bits per heavy atom. The lowest BCUT2D eigenvalue weighted by Gasteiger charge is -2.14. The Morgan fingerprint density at radius 2 is 1.83 bits per heavy atom. The van der Waals surface area contributed by atoms with Gasteiger partial charge in [0.05, 0.1) is 17.8 Å². The minimum absolute atomic E-state index is 0.0332. The van der Waals surface area contributed by atoms with Crippen molar-refractivity contribution in [2.24, 2.45) is 0 Å². The number of hydrogen-bond acceptors (Lipinski definition) is 3. The third-order valence-corrected chi connectivity index (χ3v) is 4.30. The maximum atomic E-state index is 12.7. The van der Waals surface area contributed by atoms with Gasteiger partial charge in [0.25, 0.3) is 11.8 Å². The first-order valence-electron chi connectivity index (χ1n) is 7.22. The Balaban J connectivity index is 1.94. The second kappa shape index (κ2) is 5.97. The first-order chi connectivity index (χ1) is 11.0. The van der Waals surface area contributed by atoms with Crippen LogP contribution in [0, 0.1) is 13.8 Å². The molecule has 3 rings (SSSR count). The van der Waals surface area contributed by atoms with Gasteiger partial charge >= 0.3 is 0 Å². The number of nitrogens with zero attached hydrogens (tertiary/aromatic N) is 2. The smallest absolute Gasteiger partial charge is 0.268 e. The number of carbonyl (C=O) groups is 2. The summed E-state index contributed by atoms with van der Waals surface area (Å²) in [5.74, 6) is -0.857.